The van der Waals surface area contributed by atoms with Crippen molar-refractivity contribution in [2.24, 2.45) is 0 Å². The molecule has 1 aliphatic rings. The molecule has 0 spiro atoms. The number of para-hydroxylation sites is 1. The normalized spacial score (nSPS) is 19.0. The standard InChI is InChI=1S/C15H23ClN2O/c1-2-18(12-13-6-5-9-17-13)10-11-19-15-8-4-3-7-14(15)16/h3-4,7-8,13,17H,2,5-6,9-12H2,1H3. The molecule has 1 heterocycles. The van der Waals surface area contributed by atoms with E-state index in [2.05, 4.69) is 17.1 Å². The molecule has 0 aliphatic carbocycles. The van der Waals surface area contributed by atoms with Gasteiger partial charge >= 0.3 is 0 Å². The van der Waals surface area contributed by atoms with Crippen LogP contribution in [0.1, 0.15) is 19.8 Å². The fourth-order valence-corrected chi connectivity index (χ4v) is 2.64. The molecular formula is C15H23ClN2O. The van der Waals surface area contributed by atoms with E-state index < -0.39 is 0 Å². The molecule has 106 valence electrons. The van der Waals surface area contributed by atoms with Gasteiger partial charge in [0, 0.05) is 19.1 Å². The summed E-state index contributed by atoms with van der Waals surface area (Å²) in [7, 11) is 0. The van der Waals surface area contributed by atoms with E-state index in [9.17, 15) is 0 Å². The Morgan fingerprint density at radius 3 is 2.95 bits per heavy atom. The third-order valence-corrected chi connectivity index (χ3v) is 3.90. The zero-order chi connectivity index (χ0) is 13.5. The number of hydrogen-bond donors (Lipinski definition) is 1. The fourth-order valence-electron chi connectivity index (χ4n) is 2.45. The summed E-state index contributed by atoms with van der Waals surface area (Å²) in [6.45, 7) is 7.17. The average molecular weight is 283 g/mol. The molecule has 0 amide bonds. The zero-order valence-electron chi connectivity index (χ0n) is 11.6. The highest BCUT2D eigenvalue weighted by molar-refractivity contribution is 6.32. The molecular weight excluding hydrogens is 260 g/mol. The molecule has 1 fully saturated rings. The van der Waals surface area contributed by atoms with Crippen molar-refractivity contribution in [1.29, 1.82) is 0 Å². The first-order valence-corrected chi connectivity index (χ1v) is 7.50. The van der Waals surface area contributed by atoms with E-state index in [1.54, 1.807) is 0 Å². The van der Waals surface area contributed by atoms with Crippen molar-refractivity contribution in [2.75, 3.05) is 32.8 Å². The van der Waals surface area contributed by atoms with Gasteiger partial charge in [0.1, 0.15) is 12.4 Å². The molecule has 4 heteroatoms. The van der Waals surface area contributed by atoms with Gasteiger partial charge in [-0.1, -0.05) is 30.7 Å². The van der Waals surface area contributed by atoms with Crippen LogP contribution in [0.25, 0.3) is 0 Å². The average Bonchev–Trinajstić information content (AvgIpc) is 2.92. The van der Waals surface area contributed by atoms with Crippen molar-refractivity contribution in [3.8, 4) is 5.75 Å². The lowest BCUT2D eigenvalue weighted by molar-refractivity contribution is 0.203. The van der Waals surface area contributed by atoms with Crippen LogP contribution in [0.3, 0.4) is 0 Å². The Bertz CT molecular complexity index is 380. The maximum Gasteiger partial charge on any atom is 0.137 e. The zero-order valence-corrected chi connectivity index (χ0v) is 12.3. The quantitative estimate of drug-likeness (QED) is 0.832. The Hall–Kier alpha value is -0.770. The van der Waals surface area contributed by atoms with Crippen molar-refractivity contribution in [3.05, 3.63) is 29.3 Å². The van der Waals surface area contributed by atoms with E-state index in [1.165, 1.54) is 19.4 Å². The highest BCUT2D eigenvalue weighted by Gasteiger charge is 2.16. The number of hydrogen-bond acceptors (Lipinski definition) is 3. The van der Waals surface area contributed by atoms with Crippen LogP contribution in [0.2, 0.25) is 5.02 Å². The van der Waals surface area contributed by atoms with Crippen molar-refractivity contribution in [2.45, 2.75) is 25.8 Å². The smallest absolute Gasteiger partial charge is 0.137 e. The van der Waals surface area contributed by atoms with Gasteiger partial charge in [-0.25, -0.2) is 0 Å². The Balaban J connectivity index is 1.72. The van der Waals surface area contributed by atoms with E-state index in [4.69, 9.17) is 16.3 Å². The minimum Gasteiger partial charge on any atom is -0.491 e. The highest BCUT2D eigenvalue weighted by atomic mass is 35.5. The van der Waals surface area contributed by atoms with Crippen LogP contribution >= 0.6 is 11.6 Å². The van der Waals surface area contributed by atoms with Crippen LogP contribution in [-0.2, 0) is 0 Å². The second-order valence-corrected chi connectivity index (χ2v) is 5.37. The number of nitrogens with one attached hydrogen (secondary N) is 1. The molecule has 2 rings (SSSR count). The SMILES string of the molecule is CCN(CCOc1ccccc1Cl)CC1CCCN1. The molecule has 1 aromatic carbocycles. The number of likely N-dealkylation sites (N-methyl/N-ethyl adjacent to an activating group) is 1. The van der Waals surface area contributed by atoms with E-state index in [-0.39, 0.29) is 0 Å². The van der Waals surface area contributed by atoms with E-state index in [1.807, 2.05) is 24.3 Å². The van der Waals surface area contributed by atoms with Crippen LogP contribution in [0, 0.1) is 0 Å². The van der Waals surface area contributed by atoms with E-state index in [0.717, 1.165) is 25.4 Å². The minimum absolute atomic E-state index is 0.653. The molecule has 19 heavy (non-hydrogen) atoms. The Morgan fingerprint density at radius 1 is 1.42 bits per heavy atom. The van der Waals surface area contributed by atoms with Crippen molar-refractivity contribution < 1.29 is 4.74 Å². The third-order valence-electron chi connectivity index (χ3n) is 3.59. The summed E-state index contributed by atoms with van der Waals surface area (Å²) in [4.78, 5) is 2.43. The monoisotopic (exact) mass is 282 g/mol. The van der Waals surface area contributed by atoms with Crippen LogP contribution in [0.5, 0.6) is 5.75 Å². The lowest BCUT2D eigenvalue weighted by atomic mass is 10.2. The molecule has 1 unspecified atom stereocenters. The molecule has 1 aromatic rings. The summed E-state index contributed by atoms with van der Waals surface area (Å²) < 4.78 is 5.74. The first-order valence-electron chi connectivity index (χ1n) is 7.12. The second-order valence-electron chi connectivity index (χ2n) is 4.97. The maximum atomic E-state index is 6.06. The van der Waals surface area contributed by atoms with Crippen LogP contribution < -0.4 is 10.1 Å². The summed E-state index contributed by atoms with van der Waals surface area (Å²) in [5, 5.41) is 4.22. The highest BCUT2D eigenvalue weighted by Crippen LogP contribution is 2.22. The van der Waals surface area contributed by atoms with Gasteiger partial charge in [-0.3, -0.25) is 4.90 Å². The molecule has 0 radical (unpaired) electrons. The summed E-state index contributed by atoms with van der Waals surface area (Å²) >= 11 is 6.06. The number of halogens is 1. The molecule has 1 aliphatic heterocycles. The summed E-state index contributed by atoms with van der Waals surface area (Å²) in [6, 6.07) is 8.29. The molecule has 1 atom stereocenters. The number of ether oxygens (including phenoxy) is 1. The van der Waals surface area contributed by atoms with Crippen molar-refractivity contribution in [3.63, 3.8) is 0 Å². The predicted molar refractivity (Wildman–Crippen MR) is 80.1 cm³/mol. The van der Waals surface area contributed by atoms with Crippen molar-refractivity contribution in [1.82, 2.24) is 10.2 Å². The Morgan fingerprint density at radius 2 is 2.26 bits per heavy atom. The van der Waals surface area contributed by atoms with Gasteiger partial charge < -0.3 is 10.1 Å². The lowest BCUT2D eigenvalue weighted by Gasteiger charge is -2.24. The second kappa shape index (κ2) is 7.73. The maximum absolute atomic E-state index is 6.06. The molecule has 3 nitrogen and oxygen atoms in total. The summed E-state index contributed by atoms with van der Waals surface area (Å²) in [5.41, 5.74) is 0. The predicted octanol–water partition coefficient (Wildman–Crippen LogP) is 2.79. The molecule has 1 saturated heterocycles. The van der Waals surface area contributed by atoms with Gasteiger partial charge in [0.15, 0.2) is 0 Å². The Kier molecular flexibility index (Phi) is 5.95. The summed E-state index contributed by atoms with van der Waals surface area (Å²) in [6.07, 6.45) is 2.60. The van der Waals surface area contributed by atoms with Gasteiger partial charge in [-0.15, -0.1) is 0 Å². The van der Waals surface area contributed by atoms with Gasteiger partial charge in [0.25, 0.3) is 0 Å². The van der Waals surface area contributed by atoms with Crippen molar-refractivity contribution >= 4 is 11.6 Å². The van der Waals surface area contributed by atoms with Crippen LogP contribution in [0.4, 0.5) is 0 Å². The van der Waals surface area contributed by atoms with Crippen LogP contribution in [0.15, 0.2) is 24.3 Å². The number of nitrogens with zero attached hydrogens (tertiary/aromatic N) is 1. The lowest BCUT2D eigenvalue weighted by Crippen LogP contribution is -2.39. The topological polar surface area (TPSA) is 24.5 Å². The number of benzene rings is 1. The molecule has 1 N–H and O–H groups in total. The fraction of sp³-hybridized carbons (Fsp3) is 0.600. The van der Waals surface area contributed by atoms with Gasteiger partial charge in [-0.2, -0.15) is 0 Å². The van der Waals surface area contributed by atoms with E-state index in [0.29, 0.717) is 17.7 Å². The molecule has 0 aromatic heterocycles. The van der Waals surface area contributed by atoms with E-state index >= 15 is 0 Å². The van der Waals surface area contributed by atoms with Gasteiger partial charge in [0.2, 0.25) is 0 Å². The summed E-state index contributed by atoms with van der Waals surface area (Å²) in [5.74, 6) is 0.777. The number of rotatable bonds is 7. The first-order chi connectivity index (χ1) is 9.29. The largest absolute Gasteiger partial charge is 0.491 e. The first kappa shape index (κ1) is 14.6. The Labute approximate surface area is 120 Å². The minimum atomic E-state index is 0.653. The van der Waals surface area contributed by atoms with Gasteiger partial charge in [-0.05, 0) is 38.1 Å². The third kappa shape index (κ3) is 4.68. The van der Waals surface area contributed by atoms with Gasteiger partial charge in [0.05, 0.1) is 5.02 Å². The molecule has 0 saturated carbocycles. The molecule has 0 bridgehead atoms. The van der Waals surface area contributed by atoms with Crippen LogP contribution in [-0.4, -0.2) is 43.7 Å².